The lowest BCUT2D eigenvalue weighted by Gasteiger charge is -2.30. The Morgan fingerprint density at radius 3 is 2.42 bits per heavy atom. The number of aliphatic imine (C=N–C) groups is 1. The van der Waals surface area contributed by atoms with Crippen LogP contribution >= 0.6 is 11.8 Å². The van der Waals surface area contributed by atoms with Crippen LogP contribution in [0.3, 0.4) is 0 Å². The monoisotopic (exact) mass is 454 g/mol. The molecule has 3 heterocycles. The van der Waals surface area contributed by atoms with E-state index in [0.29, 0.717) is 16.8 Å². The molecule has 4 aromatic rings. The highest BCUT2D eigenvalue weighted by molar-refractivity contribution is 7.98. The number of carbonyl (C=O) groups is 1. The number of benzene rings is 2. The molecule has 1 aliphatic heterocycles. The molecule has 8 heteroatoms. The van der Waals surface area contributed by atoms with Crippen LogP contribution in [0.2, 0.25) is 0 Å². The van der Waals surface area contributed by atoms with Crippen molar-refractivity contribution in [2.24, 2.45) is 10.9 Å². The van der Waals surface area contributed by atoms with Crippen LogP contribution in [0.1, 0.15) is 24.1 Å². The number of para-hydroxylation sites is 1. The van der Waals surface area contributed by atoms with Gasteiger partial charge in [0.15, 0.2) is 0 Å². The first kappa shape index (κ1) is 21.1. The van der Waals surface area contributed by atoms with Crippen LogP contribution in [0.4, 0.5) is 11.6 Å². The Morgan fingerprint density at radius 1 is 1.00 bits per heavy atom. The number of aromatic nitrogens is 4. The number of anilines is 1. The molecular weight excluding hydrogens is 432 g/mol. The third-order valence-electron chi connectivity index (χ3n) is 5.48. The summed E-state index contributed by atoms with van der Waals surface area (Å²) < 4.78 is 1.77. The van der Waals surface area contributed by atoms with Gasteiger partial charge >= 0.3 is 0 Å². The average Bonchev–Trinajstić information content (AvgIpc) is 3.26. The minimum atomic E-state index is -0.534. The highest BCUT2D eigenvalue weighted by Gasteiger charge is 2.39. The van der Waals surface area contributed by atoms with Crippen molar-refractivity contribution in [2.75, 3.05) is 5.32 Å². The number of pyridine rings is 1. The third kappa shape index (κ3) is 4.56. The van der Waals surface area contributed by atoms with Crippen LogP contribution in [0.25, 0.3) is 0 Å². The Bertz CT molecular complexity index is 1270. The number of amides is 1. The minimum absolute atomic E-state index is 0.135. The molecule has 0 spiro atoms. The van der Waals surface area contributed by atoms with Crippen LogP contribution < -0.4 is 5.32 Å². The van der Waals surface area contributed by atoms with Crippen LogP contribution in [-0.2, 0) is 10.5 Å². The van der Waals surface area contributed by atoms with E-state index in [-0.39, 0.29) is 11.9 Å². The molecule has 0 bridgehead atoms. The topological polar surface area (TPSA) is 85.1 Å². The Kier molecular flexibility index (Phi) is 5.99. The van der Waals surface area contributed by atoms with E-state index >= 15 is 0 Å². The van der Waals surface area contributed by atoms with Gasteiger partial charge in [-0.2, -0.15) is 4.98 Å². The van der Waals surface area contributed by atoms with Crippen molar-refractivity contribution in [3.05, 3.63) is 96.3 Å². The van der Waals surface area contributed by atoms with Crippen molar-refractivity contribution < 1.29 is 4.79 Å². The first-order valence-corrected chi connectivity index (χ1v) is 11.6. The maximum Gasteiger partial charge on any atom is 0.249 e. The number of rotatable bonds is 6. The van der Waals surface area contributed by atoms with Gasteiger partial charge in [-0.25, -0.2) is 9.67 Å². The molecule has 164 valence electrons. The van der Waals surface area contributed by atoms with Crippen LogP contribution in [0, 0.1) is 5.92 Å². The largest absolute Gasteiger partial charge is 0.325 e. The van der Waals surface area contributed by atoms with E-state index < -0.39 is 5.92 Å². The van der Waals surface area contributed by atoms with Gasteiger partial charge in [0.1, 0.15) is 5.92 Å². The number of thioether (sulfide) groups is 1. The van der Waals surface area contributed by atoms with E-state index in [0.717, 1.165) is 17.0 Å². The zero-order valence-corrected chi connectivity index (χ0v) is 18.8. The Balaban J connectivity index is 1.48. The summed E-state index contributed by atoms with van der Waals surface area (Å²) in [4.78, 5) is 26.9. The molecule has 7 nitrogen and oxygen atoms in total. The van der Waals surface area contributed by atoms with Gasteiger partial charge < -0.3 is 5.32 Å². The first-order valence-electron chi connectivity index (χ1n) is 10.6. The van der Waals surface area contributed by atoms with Gasteiger partial charge in [0, 0.05) is 29.5 Å². The molecule has 2 atom stereocenters. The molecule has 0 fully saturated rings. The minimum Gasteiger partial charge on any atom is -0.325 e. The van der Waals surface area contributed by atoms with Gasteiger partial charge in [0.2, 0.25) is 17.0 Å². The fraction of sp³-hybridized carbons (Fsp3) is 0.160. The molecule has 0 aliphatic carbocycles. The molecule has 5 rings (SSSR count). The summed E-state index contributed by atoms with van der Waals surface area (Å²) in [6, 6.07) is 23.1. The Morgan fingerprint density at radius 2 is 1.70 bits per heavy atom. The second-order valence-corrected chi connectivity index (χ2v) is 8.67. The highest BCUT2D eigenvalue weighted by Crippen LogP contribution is 2.37. The van der Waals surface area contributed by atoms with Crippen molar-refractivity contribution in [3.8, 4) is 0 Å². The molecule has 0 saturated carbocycles. The summed E-state index contributed by atoms with van der Waals surface area (Å²) >= 11 is 1.55. The first-order chi connectivity index (χ1) is 16.2. The zero-order chi connectivity index (χ0) is 22.6. The third-order valence-corrected chi connectivity index (χ3v) is 6.39. The zero-order valence-electron chi connectivity index (χ0n) is 18.0. The average molecular weight is 455 g/mol. The Labute approximate surface area is 196 Å². The number of nitrogens with one attached hydrogen (secondary N) is 1. The van der Waals surface area contributed by atoms with Crippen molar-refractivity contribution >= 4 is 35.0 Å². The van der Waals surface area contributed by atoms with E-state index in [4.69, 9.17) is 5.10 Å². The van der Waals surface area contributed by atoms with E-state index in [1.807, 2.05) is 67.6 Å². The van der Waals surface area contributed by atoms with E-state index in [2.05, 4.69) is 32.4 Å². The molecule has 2 aromatic heterocycles. The SMILES string of the molecule is CC1=Nc2nc(SCc3ccccc3)nn2C(c2ccncc2)C1C(=O)Nc1ccccc1. The summed E-state index contributed by atoms with van der Waals surface area (Å²) in [7, 11) is 0. The van der Waals surface area contributed by atoms with Crippen LogP contribution in [-0.4, -0.2) is 31.4 Å². The normalized spacial score (nSPS) is 17.2. The number of nitrogens with zero attached hydrogens (tertiary/aromatic N) is 5. The molecule has 2 aromatic carbocycles. The van der Waals surface area contributed by atoms with E-state index in [1.54, 1.807) is 28.8 Å². The second-order valence-electron chi connectivity index (χ2n) is 7.72. The summed E-state index contributed by atoms with van der Waals surface area (Å²) in [6.07, 6.45) is 3.45. The lowest BCUT2D eigenvalue weighted by Crippen LogP contribution is -2.39. The quantitative estimate of drug-likeness (QED) is 0.418. The summed E-state index contributed by atoms with van der Waals surface area (Å²) in [6.45, 7) is 1.87. The van der Waals surface area contributed by atoms with Gasteiger partial charge in [-0.05, 0) is 42.3 Å². The molecular formula is C25H22N6OS. The van der Waals surface area contributed by atoms with Crippen molar-refractivity contribution in [3.63, 3.8) is 0 Å². The molecule has 1 amide bonds. The number of carbonyl (C=O) groups excluding carboxylic acids is 1. The van der Waals surface area contributed by atoms with Gasteiger partial charge in [0.05, 0.1) is 6.04 Å². The van der Waals surface area contributed by atoms with Gasteiger partial charge in [-0.3, -0.25) is 9.78 Å². The number of hydrogen-bond acceptors (Lipinski definition) is 6. The fourth-order valence-electron chi connectivity index (χ4n) is 3.91. The predicted octanol–water partition coefficient (Wildman–Crippen LogP) is 4.92. The van der Waals surface area contributed by atoms with Crippen molar-refractivity contribution in [1.82, 2.24) is 19.7 Å². The Hall–Kier alpha value is -3.78. The maximum atomic E-state index is 13.4. The lowest BCUT2D eigenvalue weighted by atomic mass is 9.88. The van der Waals surface area contributed by atoms with Crippen molar-refractivity contribution in [2.45, 2.75) is 23.9 Å². The lowest BCUT2D eigenvalue weighted by molar-refractivity contribution is -0.118. The summed E-state index contributed by atoms with van der Waals surface area (Å²) in [5.41, 5.74) is 3.57. The summed E-state index contributed by atoms with van der Waals surface area (Å²) in [5.74, 6) is 0.594. The van der Waals surface area contributed by atoms with Gasteiger partial charge in [-0.15, -0.1) is 5.10 Å². The van der Waals surface area contributed by atoms with Crippen LogP contribution in [0.5, 0.6) is 0 Å². The van der Waals surface area contributed by atoms with E-state index in [1.165, 1.54) is 5.56 Å². The molecule has 0 saturated heterocycles. The molecule has 1 aliphatic rings. The van der Waals surface area contributed by atoms with Crippen molar-refractivity contribution in [1.29, 1.82) is 0 Å². The predicted molar refractivity (Wildman–Crippen MR) is 130 cm³/mol. The molecule has 0 radical (unpaired) electrons. The van der Waals surface area contributed by atoms with Crippen LogP contribution in [0.15, 0.2) is 95.3 Å². The number of fused-ring (bicyclic) bond motifs is 1. The summed E-state index contributed by atoms with van der Waals surface area (Å²) in [5, 5.41) is 8.42. The highest BCUT2D eigenvalue weighted by atomic mass is 32.2. The molecule has 1 N–H and O–H groups in total. The maximum absolute atomic E-state index is 13.4. The van der Waals surface area contributed by atoms with Gasteiger partial charge in [-0.1, -0.05) is 60.3 Å². The van der Waals surface area contributed by atoms with E-state index in [9.17, 15) is 4.79 Å². The molecule has 33 heavy (non-hydrogen) atoms. The standard InChI is InChI=1S/C25H22N6OS/c1-17-21(23(32)28-20-10-6-3-7-11-20)22(19-12-14-26-15-13-19)31-24(27-17)29-25(30-31)33-16-18-8-4-2-5-9-18/h2-15,21-22H,16H2,1H3,(H,28,32). The fourth-order valence-corrected chi connectivity index (χ4v) is 4.69. The molecule has 2 unspecified atom stereocenters. The second kappa shape index (κ2) is 9.38. The number of hydrogen-bond donors (Lipinski definition) is 1. The van der Waals surface area contributed by atoms with Gasteiger partial charge in [0.25, 0.3) is 0 Å². The smallest absolute Gasteiger partial charge is 0.249 e.